The highest BCUT2D eigenvalue weighted by atomic mass is 16.5. The molecule has 0 spiro atoms. The molecule has 0 saturated heterocycles. The Morgan fingerprint density at radius 2 is 1.52 bits per heavy atom. The highest BCUT2D eigenvalue weighted by Gasteiger charge is 2.42. The van der Waals surface area contributed by atoms with Gasteiger partial charge in [0.15, 0.2) is 5.92 Å². The summed E-state index contributed by atoms with van der Waals surface area (Å²) >= 11 is 0. The molecular formula is C16H20N2O7. The first-order valence-corrected chi connectivity index (χ1v) is 7.32. The van der Waals surface area contributed by atoms with E-state index in [0.29, 0.717) is 0 Å². The number of amides is 1. The van der Waals surface area contributed by atoms with Gasteiger partial charge in [-0.25, -0.2) is 4.79 Å². The minimum atomic E-state index is -1.41. The van der Waals surface area contributed by atoms with Crippen LogP contribution in [0.15, 0.2) is 24.4 Å². The number of ether oxygens (including phenoxy) is 3. The van der Waals surface area contributed by atoms with Crippen molar-refractivity contribution in [3.63, 3.8) is 0 Å². The number of nitrogens with one attached hydrogen (secondary N) is 1. The zero-order valence-electron chi connectivity index (χ0n) is 14.3. The van der Waals surface area contributed by atoms with Crippen molar-refractivity contribution in [2.45, 2.75) is 13.0 Å². The third-order valence-electron chi connectivity index (χ3n) is 3.60. The maximum Gasteiger partial charge on any atom is 0.328 e. The fourth-order valence-electron chi connectivity index (χ4n) is 2.22. The molecular weight excluding hydrogens is 332 g/mol. The van der Waals surface area contributed by atoms with Crippen molar-refractivity contribution < 1.29 is 33.4 Å². The largest absolute Gasteiger partial charge is 0.468 e. The maximum absolute atomic E-state index is 12.3. The molecule has 9 nitrogen and oxygen atoms in total. The Bertz CT molecular complexity index is 617. The molecule has 1 aromatic heterocycles. The van der Waals surface area contributed by atoms with Crippen molar-refractivity contribution in [3.05, 3.63) is 30.1 Å². The summed E-state index contributed by atoms with van der Waals surface area (Å²) in [5.41, 5.74) is 0.0660. The van der Waals surface area contributed by atoms with Crippen LogP contribution in [-0.2, 0) is 28.6 Å². The van der Waals surface area contributed by atoms with E-state index in [4.69, 9.17) is 0 Å². The molecule has 0 bridgehead atoms. The van der Waals surface area contributed by atoms with E-state index in [0.717, 1.165) is 21.3 Å². The Labute approximate surface area is 144 Å². The molecule has 0 saturated carbocycles. The van der Waals surface area contributed by atoms with E-state index in [1.54, 1.807) is 12.1 Å². The molecule has 0 aromatic carbocycles. The van der Waals surface area contributed by atoms with Crippen molar-refractivity contribution in [2.75, 3.05) is 21.3 Å². The molecule has 0 aliphatic heterocycles. The topological polar surface area (TPSA) is 121 Å². The Morgan fingerprint density at radius 3 is 1.96 bits per heavy atom. The van der Waals surface area contributed by atoms with E-state index in [1.165, 1.54) is 19.2 Å². The van der Waals surface area contributed by atoms with Crippen LogP contribution in [0.5, 0.6) is 0 Å². The lowest BCUT2D eigenvalue weighted by Gasteiger charge is -2.26. The number of hydrogen-bond donors (Lipinski definition) is 1. The number of carbonyl (C=O) groups excluding carboxylic acids is 4. The van der Waals surface area contributed by atoms with E-state index in [-0.39, 0.29) is 5.69 Å². The summed E-state index contributed by atoms with van der Waals surface area (Å²) in [5, 5.41) is 2.43. The number of nitrogens with zero attached hydrogens (tertiary/aromatic N) is 1. The number of aromatic nitrogens is 1. The first-order chi connectivity index (χ1) is 11.9. The Balaban J connectivity index is 3.11. The molecule has 1 N–H and O–H groups in total. The average Bonchev–Trinajstić information content (AvgIpc) is 2.65. The summed E-state index contributed by atoms with van der Waals surface area (Å²) in [5.74, 6) is -5.66. The average molecular weight is 352 g/mol. The van der Waals surface area contributed by atoms with Gasteiger partial charge < -0.3 is 19.5 Å². The zero-order chi connectivity index (χ0) is 19.0. The van der Waals surface area contributed by atoms with Crippen LogP contribution in [0.1, 0.15) is 17.4 Å². The van der Waals surface area contributed by atoms with E-state index < -0.39 is 41.7 Å². The quantitative estimate of drug-likeness (QED) is 0.412. The standard InChI is InChI=1S/C16H20N2O7/c1-9(11(14(20)23-2)15(21)24-3)12(16(22)25-4)18-13(19)10-7-5-6-8-17-10/h5-9,11-12H,1-4H3,(H,18,19)/t9-,12+/m0/s1. The van der Waals surface area contributed by atoms with Crippen molar-refractivity contribution in [2.24, 2.45) is 11.8 Å². The highest BCUT2D eigenvalue weighted by molar-refractivity contribution is 5.98. The van der Waals surface area contributed by atoms with Crippen molar-refractivity contribution in [1.82, 2.24) is 10.3 Å². The molecule has 1 aromatic rings. The van der Waals surface area contributed by atoms with Crippen LogP contribution in [0.25, 0.3) is 0 Å². The Kier molecular flexibility index (Phi) is 7.51. The number of rotatable bonds is 7. The van der Waals surface area contributed by atoms with E-state index in [1.807, 2.05) is 0 Å². The lowest BCUT2D eigenvalue weighted by Crippen LogP contribution is -2.51. The monoisotopic (exact) mass is 352 g/mol. The number of hydrogen-bond acceptors (Lipinski definition) is 8. The lowest BCUT2D eigenvalue weighted by atomic mass is 9.87. The van der Waals surface area contributed by atoms with Gasteiger partial charge in [-0.2, -0.15) is 0 Å². The second-order valence-electron chi connectivity index (χ2n) is 5.07. The number of carbonyl (C=O) groups is 4. The van der Waals surface area contributed by atoms with Gasteiger partial charge in [-0.3, -0.25) is 19.4 Å². The molecule has 1 amide bonds. The van der Waals surface area contributed by atoms with E-state index >= 15 is 0 Å². The van der Waals surface area contributed by atoms with Gasteiger partial charge in [0.05, 0.1) is 21.3 Å². The van der Waals surface area contributed by atoms with Crippen molar-refractivity contribution >= 4 is 23.8 Å². The van der Waals surface area contributed by atoms with Gasteiger partial charge in [0, 0.05) is 12.1 Å². The van der Waals surface area contributed by atoms with Gasteiger partial charge in [0.1, 0.15) is 11.7 Å². The van der Waals surface area contributed by atoms with Crippen LogP contribution in [0.3, 0.4) is 0 Å². The highest BCUT2D eigenvalue weighted by Crippen LogP contribution is 2.20. The van der Waals surface area contributed by atoms with Crippen molar-refractivity contribution in [3.8, 4) is 0 Å². The smallest absolute Gasteiger partial charge is 0.328 e. The van der Waals surface area contributed by atoms with Crippen LogP contribution in [-0.4, -0.2) is 56.2 Å². The minimum Gasteiger partial charge on any atom is -0.468 e. The second kappa shape index (κ2) is 9.36. The SMILES string of the molecule is COC(=O)C(C(=O)OC)[C@H](C)[C@@H](NC(=O)c1ccccn1)C(=O)OC. The van der Waals surface area contributed by atoms with Crippen LogP contribution >= 0.6 is 0 Å². The predicted molar refractivity (Wildman–Crippen MR) is 84.2 cm³/mol. The van der Waals surface area contributed by atoms with E-state index in [2.05, 4.69) is 24.5 Å². The van der Waals surface area contributed by atoms with Gasteiger partial charge in [-0.05, 0) is 12.1 Å². The van der Waals surface area contributed by atoms with Gasteiger partial charge in [0.25, 0.3) is 5.91 Å². The summed E-state index contributed by atoms with van der Waals surface area (Å²) in [7, 11) is 3.33. The molecule has 1 heterocycles. The molecule has 0 aliphatic carbocycles. The molecule has 1 rings (SSSR count). The number of methoxy groups -OCH3 is 3. The molecule has 0 aliphatic rings. The van der Waals surface area contributed by atoms with Crippen LogP contribution < -0.4 is 5.32 Å². The molecule has 0 radical (unpaired) electrons. The first-order valence-electron chi connectivity index (χ1n) is 7.32. The lowest BCUT2D eigenvalue weighted by molar-refractivity contribution is -0.162. The summed E-state index contributed by atoms with van der Waals surface area (Å²) in [6.07, 6.45) is 1.41. The fraction of sp³-hybridized carbons (Fsp3) is 0.438. The normalized spacial score (nSPS) is 12.7. The molecule has 25 heavy (non-hydrogen) atoms. The van der Waals surface area contributed by atoms with Crippen LogP contribution in [0.2, 0.25) is 0 Å². The molecule has 136 valence electrons. The van der Waals surface area contributed by atoms with Crippen LogP contribution in [0.4, 0.5) is 0 Å². The third kappa shape index (κ3) is 5.00. The minimum absolute atomic E-state index is 0.0660. The summed E-state index contributed by atoms with van der Waals surface area (Å²) in [6, 6.07) is 3.39. The van der Waals surface area contributed by atoms with Gasteiger partial charge >= 0.3 is 17.9 Å². The molecule has 9 heteroatoms. The van der Waals surface area contributed by atoms with E-state index in [9.17, 15) is 19.2 Å². The summed E-state index contributed by atoms with van der Waals surface area (Å²) < 4.78 is 13.9. The van der Waals surface area contributed by atoms with Crippen LogP contribution in [0, 0.1) is 11.8 Å². The van der Waals surface area contributed by atoms with Gasteiger partial charge in [-0.15, -0.1) is 0 Å². The maximum atomic E-state index is 12.3. The summed E-state index contributed by atoms with van der Waals surface area (Å²) in [4.78, 5) is 52.1. The second-order valence-corrected chi connectivity index (χ2v) is 5.07. The predicted octanol–water partition coefficient (Wildman–Crippen LogP) is -0.0487. The number of pyridine rings is 1. The molecule has 0 fully saturated rings. The zero-order valence-corrected chi connectivity index (χ0v) is 14.3. The van der Waals surface area contributed by atoms with Gasteiger partial charge in [-0.1, -0.05) is 13.0 Å². The Hall–Kier alpha value is -2.97. The molecule has 0 unspecified atom stereocenters. The summed E-state index contributed by atoms with van der Waals surface area (Å²) in [6.45, 7) is 1.43. The third-order valence-corrected chi connectivity index (χ3v) is 3.60. The number of esters is 3. The molecule has 2 atom stereocenters. The fourth-order valence-corrected chi connectivity index (χ4v) is 2.22. The first kappa shape index (κ1) is 20.1. The Morgan fingerprint density at radius 1 is 0.960 bits per heavy atom. The van der Waals surface area contributed by atoms with Crippen molar-refractivity contribution in [1.29, 1.82) is 0 Å². The van der Waals surface area contributed by atoms with Gasteiger partial charge in [0.2, 0.25) is 0 Å².